The lowest BCUT2D eigenvalue weighted by atomic mass is 10.1. The lowest BCUT2D eigenvalue weighted by Gasteiger charge is -2.07. The molecule has 1 N–H and O–H groups in total. The third-order valence-corrected chi connectivity index (χ3v) is 3.59. The number of pyridine rings is 1. The zero-order valence-corrected chi connectivity index (χ0v) is 13.2. The summed E-state index contributed by atoms with van der Waals surface area (Å²) in [5, 5.41) is 7.39. The molecule has 0 saturated heterocycles. The molecule has 0 aliphatic heterocycles. The van der Waals surface area contributed by atoms with Crippen LogP contribution < -0.4 is 5.32 Å². The highest BCUT2D eigenvalue weighted by Crippen LogP contribution is 2.13. The van der Waals surface area contributed by atoms with Gasteiger partial charge in [-0.2, -0.15) is 5.10 Å². The SMILES string of the molecule is CCCc1cc(C(=O)NCc2cnn(C)c2C)cc(Cl)n1. The maximum atomic E-state index is 12.2. The molecule has 2 heterocycles. The number of hydrogen-bond acceptors (Lipinski definition) is 3. The van der Waals surface area contributed by atoms with Gasteiger partial charge in [-0.1, -0.05) is 24.9 Å². The molecular weight excluding hydrogens is 288 g/mol. The summed E-state index contributed by atoms with van der Waals surface area (Å²) in [6.07, 6.45) is 3.53. The van der Waals surface area contributed by atoms with E-state index in [-0.39, 0.29) is 5.91 Å². The second-order valence-corrected chi connectivity index (χ2v) is 5.37. The van der Waals surface area contributed by atoms with Gasteiger partial charge in [0.05, 0.1) is 6.20 Å². The predicted molar refractivity (Wildman–Crippen MR) is 82.4 cm³/mol. The van der Waals surface area contributed by atoms with Gasteiger partial charge in [0.15, 0.2) is 0 Å². The first-order chi connectivity index (χ1) is 10.0. The van der Waals surface area contributed by atoms with Gasteiger partial charge in [-0.05, 0) is 25.5 Å². The monoisotopic (exact) mass is 306 g/mol. The molecule has 0 aliphatic carbocycles. The maximum absolute atomic E-state index is 12.2. The summed E-state index contributed by atoms with van der Waals surface area (Å²) in [5.74, 6) is -0.153. The molecule has 1 amide bonds. The molecular formula is C15H19ClN4O. The fraction of sp³-hybridized carbons (Fsp3) is 0.400. The van der Waals surface area contributed by atoms with E-state index in [9.17, 15) is 4.79 Å². The molecule has 6 heteroatoms. The molecule has 0 aliphatic rings. The number of carbonyl (C=O) groups excluding carboxylic acids is 1. The van der Waals surface area contributed by atoms with Crippen molar-refractivity contribution < 1.29 is 4.79 Å². The van der Waals surface area contributed by atoms with Crippen LogP contribution in [-0.4, -0.2) is 20.7 Å². The van der Waals surface area contributed by atoms with Crippen LogP contribution in [0.15, 0.2) is 18.3 Å². The molecule has 5 nitrogen and oxygen atoms in total. The van der Waals surface area contributed by atoms with E-state index in [4.69, 9.17) is 11.6 Å². The number of rotatable bonds is 5. The van der Waals surface area contributed by atoms with E-state index in [0.717, 1.165) is 29.8 Å². The smallest absolute Gasteiger partial charge is 0.251 e. The minimum Gasteiger partial charge on any atom is -0.348 e. The summed E-state index contributed by atoms with van der Waals surface area (Å²) in [6, 6.07) is 3.38. The Bertz CT molecular complexity index is 651. The fourth-order valence-corrected chi connectivity index (χ4v) is 2.29. The van der Waals surface area contributed by atoms with E-state index >= 15 is 0 Å². The van der Waals surface area contributed by atoms with Crippen LogP contribution in [0, 0.1) is 6.92 Å². The van der Waals surface area contributed by atoms with Gasteiger partial charge >= 0.3 is 0 Å². The first-order valence-electron chi connectivity index (χ1n) is 6.93. The molecule has 2 aromatic heterocycles. The normalized spacial score (nSPS) is 10.7. The molecule has 0 saturated carbocycles. The van der Waals surface area contributed by atoms with Crippen LogP contribution in [-0.2, 0) is 20.0 Å². The maximum Gasteiger partial charge on any atom is 0.251 e. The van der Waals surface area contributed by atoms with Crippen molar-refractivity contribution >= 4 is 17.5 Å². The van der Waals surface area contributed by atoms with Crippen molar-refractivity contribution in [2.75, 3.05) is 0 Å². The second kappa shape index (κ2) is 6.72. The Hall–Kier alpha value is -1.88. The average molecular weight is 307 g/mol. The van der Waals surface area contributed by atoms with Crippen LogP contribution in [0.4, 0.5) is 0 Å². The third-order valence-electron chi connectivity index (χ3n) is 3.39. The Labute approximate surface area is 129 Å². The lowest BCUT2D eigenvalue weighted by Crippen LogP contribution is -2.23. The molecule has 0 bridgehead atoms. The van der Waals surface area contributed by atoms with Crippen molar-refractivity contribution in [1.82, 2.24) is 20.1 Å². The molecule has 2 aromatic rings. The van der Waals surface area contributed by atoms with Gasteiger partial charge in [0.25, 0.3) is 5.91 Å². The van der Waals surface area contributed by atoms with Crippen LogP contribution in [0.2, 0.25) is 5.15 Å². The molecule has 2 rings (SSSR count). The van der Waals surface area contributed by atoms with Gasteiger partial charge in [-0.15, -0.1) is 0 Å². The predicted octanol–water partition coefficient (Wildman–Crippen LogP) is 2.66. The molecule has 0 fully saturated rings. The van der Waals surface area contributed by atoms with Crippen molar-refractivity contribution in [1.29, 1.82) is 0 Å². The van der Waals surface area contributed by atoms with E-state index < -0.39 is 0 Å². The van der Waals surface area contributed by atoms with Gasteiger partial charge in [0.2, 0.25) is 0 Å². The van der Waals surface area contributed by atoms with E-state index in [1.165, 1.54) is 0 Å². The summed E-state index contributed by atoms with van der Waals surface area (Å²) in [5.41, 5.74) is 3.42. The van der Waals surface area contributed by atoms with Crippen molar-refractivity contribution in [2.45, 2.75) is 33.2 Å². The minimum absolute atomic E-state index is 0.153. The topological polar surface area (TPSA) is 59.8 Å². The van der Waals surface area contributed by atoms with Crippen molar-refractivity contribution in [3.63, 3.8) is 0 Å². The lowest BCUT2D eigenvalue weighted by molar-refractivity contribution is 0.0950. The second-order valence-electron chi connectivity index (χ2n) is 4.98. The van der Waals surface area contributed by atoms with Crippen molar-refractivity contribution in [2.24, 2.45) is 7.05 Å². The molecule has 112 valence electrons. The summed E-state index contributed by atoms with van der Waals surface area (Å²) >= 11 is 5.97. The number of halogens is 1. The highest BCUT2D eigenvalue weighted by molar-refractivity contribution is 6.29. The summed E-state index contributed by atoms with van der Waals surface area (Å²) < 4.78 is 1.78. The molecule has 0 radical (unpaired) electrons. The number of nitrogens with one attached hydrogen (secondary N) is 1. The largest absolute Gasteiger partial charge is 0.348 e. The Balaban J connectivity index is 2.08. The third kappa shape index (κ3) is 3.82. The number of nitrogens with zero attached hydrogens (tertiary/aromatic N) is 3. The number of amides is 1. The van der Waals surface area contributed by atoms with E-state index in [0.29, 0.717) is 17.3 Å². The fourth-order valence-electron chi connectivity index (χ4n) is 2.06. The highest BCUT2D eigenvalue weighted by Gasteiger charge is 2.10. The van der Waals surface area contributed by atoms with Gasteiger partial charge in [0, 0.05) is 36.1 Å². The number of aromatic nitrogens is 3. The average Bonchev–Trinajstić information content (AvgIpc) is 2.76. The Morgan fingerprint density at radius 1 is 1.43 bits per heavy atom. The van der Waals surface area contributed by atoms with E-state index in [1.807, 2.05) is 14.0 Å². The van der Waals surface area contributed by atoms with E-state index in [2.05, 4.69) is 22.3 Å². The summed E-state index contributed by atoms with van der Waals surface area (Å²) in [4.78, 5) is 16.4. The Morgan fingerprint density at radius 3 is 2.81 bits per heavy atom. The summed E-state index contributed by atoms with van der Waals surface area (Å²) in [7, 11) is 1.88. The molecule has 0 unspecified atom stereocenters. The van der Waals surface area contributed by atoms with Gasteiger partial charge < -0.3 is 5.32 Å². The van der Waals surface area contributed by atoms with Gasteiger partial charge in [-0.3, -0.25) is 9.48 Å². The molecule has 0 atom stereocenters. The van der Waals surface area contributed by atoms with Crippen LogP contribution in [0.3, 0.4) is 0 Å². The summed E-state index contributed by atoms with van der Waals surface area (Å²) in [6.45, 7) is 4.48. The van der Waals surface area contributed by atoms with Gasteiger partial charge in [-0.25, -0.2) is 4.98 Å². The quantitative estimate of drug-likeness (QED) is 0.864. The highest BCUT2D eigenvalue weighted by atomic mass is 35.5. The molecule has 0 aromatic carbocycles. The van der Waals surface area contributed by atoms with Crippen molar-refractivity contribution in [3.05, 3.63) is 46.0 Å². The van der Waals surface area contributed by atoms with Crippen LogP contribution in [0.1, 0.15) is 40.7 Å². The van der Waals surface area contributed by atoms with Crippen molar-refractivity contribution in [3.8, 4) is 0 Å². The Morgan fingerprint density at radius 2 is 2.19 bits per heavy atom. The zero-order valence-electron chi connectivity index (χ0n) is 12.5. The zero-order chi connectivity index (χ0) is 15.4. The van der Waals surface area contributed by atoms with E-state index in [1.54, 1.807) is 23.0 Å². The Kier molecular flexibility index (Phi) is 4.96. The van der Waals surface area contributed by atoms with Crippen LogP contribution >= 0.6 is 11.6 Å². The number of carbonyl (C=O) groups is 1. The number of hydrogen-bond donors (Lipinski definition) is 1. The van der Waals surface area contributed by atoms with Gasteiger partial charge in [0.1, 0.15) is 5.15 Å². The van der Waals surface area contributed by atoms with Crippen LogP contribution in [0.25, 0.3) is 0 Å². The number of aryl methyl sites for hydroxylation is 2. The standard InChI is InChI=1S/C15H19ClN4O/c1-4-5-13-6-11(7-14(16)19-13)15(21)17-8-12-9-18-20(3)10(12)2/h6-7,9H,4-5,8H2,1-3H3,(H,17,21). The first kappa shape index (κ1) is 15.5. The molecule has 21 heavy (non-hydrogen) atoms. The van der Waals surface area contributed by atoms with Crippen LogP contribution in [0.5, 0.6) is 0 Å². The molecule has 0 spiro atoms. The first-order valence-corrected chi connectivity index (χ1v) is 7.31. The minimum atomic E-state index is -0.153.